The topological polar surface area (TPSA) is 12.4 Å². The monoisotopic (exact) mass is 203 g/mol. The van der Waals surface area contributed by atoms with Crippen molar-refractivity contribution < 1.29 is 18.9 Å². The van der Waals surface area contributed by atoms with Gasteiger partial charge in [-0.3, -0.25) is 0 Å². The Morgan fingerprint density at radius 3 is 1.53 bits per heavy atom. The molecule has 0 saturated heterocycles. The molecule has 0 aromatic heterocycles. The Labute approximate surface area is 108 Å². The first kappa shape index (κ1) is 17.7. The molecular formula is C13H26LiN. The van der Waals surface area contributed by atoms with Crippen LogP contribution in [0, 0.1) is 10.8 Å². The minimum atomic E-state index is 0. The zero-order chi connectivity index (χ0) is 11.6. The zero-order valence-electron chi connectivity index (χ0n) is 12.2. The number of aliphatic imine (C=N–C) groups is 1. The summed E-state index contributed by atoms with van der Waals surface area (Å²) in [4.78, 5) is 4.56. The van der Waals surface area contributed by atoms with Gasteiger partial charge in [0.25, 0.3) is 0 Å². The van der Waals surface area contributed by atoms with Crippen molar-refractivity contribution in [3.05, 3.63) is 0 Å². The molecular weight excluding hydrogens is 177 g/mol. The molecule has 0 aromatic carbocycles. The first-order chi connectivity index (χ1) is 5.91. The molecule has 0 amide bonds. The third-order valence-corrected chi connectivity index (χ3v) is 1.66. The van der Waals surface area contributed by atoms with Crippen molar-refractivity contribution in [1.29, 1.82) is 0 Å². The van der Waals surface area contributed by atoms with E-state index in [1.54, 1.807) is 0 Å². The summed E-state index contributed by atoms with van der Waals surface area (Å²) in [5, 5.41) is 0. The van der Waals surface area contributed by atoms with Crippen molar-refractivity contribution in [2.45, 2.75) is 67.3 Å². The Kier molecular flexibility index (Phi) is 6.54. The molecule has 0 N–H and O–H groups in total. The fraction of sp³-hybridized carbons (Fsp3) is 0.923. The second-order valence-corrected chi connectivity index (χ2v) is 7.02. The number of hydrogen-bond donors (Lipinski definition) is 0. The van der Waals surface area contributed by atoms with Gasteiger partial charge in [0.2, 0.25) is 0 Å². The van der Waals surface area contributed by atoms with E-state index in [4.69, 9.17) is 0 Å². The van der Waals surface area contributed by atoms with Crippen molar-refractivity contribution >= 4 is 6.21 Å². The van der Waals surface area contributed by atoms with Crippen molar-refractivity contribution in [2.24, 2.45) is 15.8 Å². The van der Waals surface area contributed by atoms with E-state index in [1.165, 1.54) is 0 Å². The minimum absolute atomic E-state index is 0. The van der Waals surface area contributed by atoms with Gasteiger partial charge in [0, 0.05) is 5.54 Å². The SMILES string of the molecule is CC(C)(C)[C-]=NC(C)(C)CC(C)(C)C.[Li+]. The molecule has 0 saturated carbocycles. The summed E-state index contributed by atoms with van der Waals surface area (Å²) in [6.07, 6.45) is 4.30. The molecule has 0 unspecified atom stereocenters. The van der Waals surface area contributed by atoms with E-state index in [1.807, 2.05) is 0 Å². The van der Waals surface area contributed by atoms with Crippen LogP contribution in [0.5, 0.6) is 0 Å². The van der Waals surface area contributed by atoms with Crippen LogP contribution in [0.15, 0.2) is 4.99 Å². The smallest absolute Gasteiger partial charge is 0.498 e. The summed E-state index contributed by atoms with van der Waals surface area (Å²) in [6.45, 7) is 17.5. The quantitative estimate of drug-likeness (QED) is 0.363. The van der Waals surface area contributed by atoms with Crippen LogP contribution in [0.4, 0.5) is 0 Å². The number of nitrogens with zero attached hydrogens (tertiary/aromatic N) is 1. The van der Waals surface area contributed by atoms with E-state index >= 15 is 0 Å². The predicted octanol–water partition coefficient (Wildman–Crippen LogP) is 1.20. The fourth-order valence-corrected chi connectivity index (χ4v) is 1.66. The Morgan fingerprint density at radius 2 is 1.27 bits per heavy atom. The summed E-state index contributed by atoms with van der Waals surface area (Å²) in [7, 11) is 0. The van der Waals surface area contributed by atoms with Crippen molar-refractivity contribution in [2.75, 3.05) is 0 Å². The second kappa shape index (κ2) is 5.55. The van der Waals surface area contributed by atoms with Gasteiger partial charge in [-0.15, -0.1) is 0 Å². The molecule has 15 heavy (non-hydrogen) atoms. The van der Waals surface area contributed by atoms with Crippen LogP contribution >= 0.6 is 0 Å². The molecule has 0 atom stereocenters. The maximum Gasteiger partial charge on any atom is 1.00 e. The van der Waals surface area contributed by atoms with Gasteiger partial charge in [0.05, 0.1) is 0 Å². The van der Waals surface area contributed by atoms with Gasteiger partial charge in [-0.05, 0) is 25.7 Å². The second-order valence-electron chi connectivity index (χ2n) is 7.02. The van der Waals surface area contributed by atoms with Crippen LogP contribution in [0.1, 0.15) is 61.8 Å². The van der Waals surface area contributed by atoms with Crippen LogP contribution in [0.2, 0.25) is 0 Å². The van der Waals surface area contributed by atoms with E-state index in [9.17, 15) is 0 Å². The average molecular weight is 203 g/mol. The van der Waals surface area contributed by atoms with Gasteiger partial charge < -0.3 is 11.2 Å². The summed E-state index contributed by atoms with van der Waals surface area (Å²) in [5.41, 5.74) is 0.396. The molecule has 1 nitrogen and oxygen atoms in total. The summed E-state index contributed by atoms with van der Waals surface area (Å²) < 4.78 is 0. The van der Waals surface area contributed by atoms with Gasteiger partial charge >= 0.3 is 18.9 Å². The van der Waals surface area contributed by atoms with Crippen LogP contribution in [0.3, 0.4) is 0 Å². The van der Waals surface area contributed by atoms with Gasteiger partial charge in [-0.1, -0.05) is 41.5 Å². The molecule has 0 heterocycles. The van der Waals surface area contributed by atoms with Crippen molar-refractivity contribution in [1.82, 2.24) is 0 Å². The molecule has 0 radical (unpaired) electrons. The predicted molar refractivity (Wildman–Crippen MR) is 65.0 cm³/mol. The van der Waals surface area contributed by atoms with Gasteiger partial charge in [-0.2, -0.15) is 5.41 Å². The first-order valence-corrected chi connectivity index (χ1v) is 5.40. The molecule has 0 fully saturated rings. The first-order valence-electron chi connectivity index (χ1n) is 5.40. The van der Waals surface area contributed by atoms with Crippen LogP contribution in [-0.4, -0.2) is 11.8 Å². The fourth-order valence-electron chi connectivity index (χ4n) is 1.66. The average Bonchev–Trinajstić information content (AvgIpc) is 1.76. The molecule has 0 rings (SSSR count). The van der Waals surface area contributed by atoms with Crippen LogP contribution in [-0.2, 0) is 0 Å². The van der Waals surface area contributed by atoms with Gasteiger partial charge in [0.1, 0.15) is 0 Å². The van der Waals surface area contributed by atoms with Gasteiger partial charge in [-0.25, -0.2) is 0 Å². The molecule has 2 heteroatoms. The third kappa shape index (κ3) is 12.2. The number of hydrogen-bond acceptors (Lipinski definition) is 1. The van der Waals surface area contributed by atoms with E-state index in [2.05, 4.69) is 66.6 Å². The molecule has 84 valence electrons. The molecule has 0 aliphatic carbocycles. The van der Waals surface area contributed by atoms with Crippen molar-refractivity contribution in [3.63, 3.8) is 0 Å². The molecule has 0 spiro atoms. The summed E-state index contributed by atoms with van der Waals surface area (Å²) >= 11 is 0. The molecule has 0 aromatic rings. The Bertz CT molecular complexity index is 204. The Hall–Kier alpha value is 0.267. The largest absolute Gasteiger partial charge is 1.00 e. The molecule has 0 aliphatic heterocycles. The van der Waals surface area contributed by atoms with E-state index < -0.39 is 0 Å². The molecule has 0 aliphatic rings. The maximum atomic E-state index is 4.56. The van der Waals surface area contributed by atoms with Crippen LogP contribution in [0.25, 0.3) is 0 Å². The summed E-state index contributed by atoms with van der Waals surface area (Å²) in [6, 6.07) is 0. The van der Waals surface area contributed by atoms with Crippen LogP contribution < -0.4 is 18.9 Å². The third-order valence-electron chi connectivity index (χ3n) is 1.66. The summed E-state index contributed by atoms with van der Waals surface area (Å²) in [5.74, 6) is 0. The molecule has 0 bridgehead atoms. The maximum absolute atomic E-state index is 4.56. The van der Waals surface area contributed by atoms with E-state index in [0.29, 0.717) is 5.41 Å². The Morgan fingerprint density at radius 1 is 0.867 bits per heavy atom. The Balaban J connectivity index is 0. The minimum Gasteiger partial charge on any atom is -0.498 e. The van der Waals surface area contributed by atoms with E-state index in [-0.39, 0.29) is 29.8 Å². The normalized spacial score (nSPS) is 14.1. The standard InChI is InChI=1S/C13H26N.Li/c1-11(2,3)9-13(7,8)14-10-12(4,5)6;/h9H2,1-8H3;/q-1;+1. The van der Waals surface area contributed by atoms with E-state index in [0.717, 1.165) is 6.42 Å². The van der Waals surface area contributed by atoms with Crippen molar-refractivity contribution in [3.8, 4) is 0 Å². The zero-order valence-corrected chi connectivity index (χ0v) is 12.2. The van der Waals surface area contributed by atoms with Gasteiger partial charge in [0.15, 0.2) is 0 Å². The number of rotatable bonds is 2.